The average Bonchev–Trinajstić information content (AvgIpc) is 2.72. The fourth-order valence-electron chi connectivity index (χ4n) is 2.87. The van der Waals surface area contributed by atoms with Gasteiger partial charge in [0, 0.05) is 32.4 Å². The Labute approximate surface area is 141 Å². The van der Waals surface area contributed by atoms with Crippen molar-refractivity contribution in [1.29, 1.82) is 0 Å². The van der Waals surface area contributed by atoms with E-state index in [-0.39, 0.29) is 0 Å². The Hall–Kier alpha value is -2.25. The molecule has 1 N–H and O–H groups in total. The second-order valence-corrected chi connectivity index (χ2v) is 6.18. The molecule has 0 amide bonds. The van der Waals surface area contributed by atoms with Crippen LogP contribution < -0.4 is 9.64 Å². The number of aliphatic hydroxyl groups excluding tert-OH is 1. The second kappa shape index (κ2) is 7.11. The number of aryl methyl sites for hydroxylation is 1. The SMILES string of the molecule is Cc1ncccc1Oc1ncnc(N2CCN(C)CC(O)C2)c1C. The predicted molar refractivity (Wildman–Crippen MR) is 91.5 cm³/mol. The van der Waals surface area contributed by atoms with Gasteiger partial charge in [0.15, 0.2) is 5.75 Å². The largest absolute Gasteiger partial charge is 0.437 e. The van der Waals surface area contributed by atoms with Gasteiger partial charge in [0.05, 0.1) is 17.4 Å². The van der Waals surface area contributed by atoms with Crippen LogP contribution in [0.15, 0.2) is 24.7 Å². The van der Waals surface area contributed by atoms with Gasteiger partial charge < -0.3 is 19.6 Å². The van der Waals surface area contributed by atoms with E-state index >= 15 is 0 Å². The summed E-state index contributed by atoms with van der Waals surface area (Å²) in [7, 11) is 2.01. The number of pyridine rings is 1. The van der Waals surface area contributed by atoms with Gasteiger partial charge in [-0.05, 0) is 33.0 Å². The van der Waals surface area contributed by atoms with Crippen molar-refractivity contribution in [3.63, 3.8) is 0 Å². The Kier molecular flexibility index (Phi) is 4.92. The Morgan fingerprint density at radius 3 is 2.79 bits per heavy atom. The van der Waals surface area contributed by atoms with Crippen LogP contribution in [0.1, 0.15) is 11.3 Å². The minimum Gasteiger partial charge on any atom is -0.437 e. The number of hydrogen-bond acceptors (Lipinski definition) is 7. The van der Waals surface area contributed by atoms with Crippen molar-refractivity contribution < 1.29 is 9.84 Å². The Balaban J connectivity index is 1.87. The van der Waals surface area contributed by atoms with E-state index in [4.69, 9.17) is 4.74 Å². The molecule has 0 bridgehead atoms. The zero-order valence-electron chi connectivity index (χ0n) is 14.3. The highest BCUT2D eigenvalue weighted by atomic mass is 16.5. The van der Waals surface area contributed by atoms with Gasteiger partial charge in [-0.15, -0.1) is 0 Å². The van der Waals surface area contributed by atoms with Crippen molar-refractivity contribution in [1.82, 2.24) is 19.9 Å². The van der Waals surface area contributed by atoms with Gasteiger partial charge >= 0.3 is 0 Å². The maximum absolute atomic E-state index is 10.2. The van der Waals surface area contributed by atoms with Crippen molar-refractivity contribution in [2.45, 2.75) is 20.0 Å². The summed E-state index contributed by atoms with van der Waals surface area (Å²) in [4.78, 5) is 17.1. The molecule has 1 atom stereocenters. The first-order chi connectivity index (χ1) is 11.5. The molecule has 2 aromatic rings. The lowest BCUT2D eigenvalue weighted by molar-refractivity contribution is 0.145. The number of hydrogen-bond donors (Lipinski definition) is 1. The molecule has 1 saturated heterocycles. The van der Waals surface area contributed by atoms with E-state index in [0.717, 1.165) is 30.2 Å². The van der Waals surface area contributed by atoms with E-state index in [9.17, 15) is 5.11 Å². The van der Waals surface area contributed by atoms with Crippen molar-refractivity contribution in [2.75, 3.05) is 38.1 Å². The van der Waals surface area contributed by atoms with Crippen LogP contribution in [-0.2, 0) is 0 Å². The molecule has 2 aromatic heterocycles. The first-order valence-electron chi connectivity index (χ1n) is 8.07. The van der Waals surface area contributed by atoms with Crippen LogP contribution in [0.3, 0.4) is 0 Å². The van der Waals surface area contributed by atoms with Gasteiger partial charge in [-0.25, -0.2) is 9.97 Å². The van der Waals surface area contributed by atoms with E-state index in [1.807, 2.05) is 33.0 Å². The average molecular weight is 329 g/mol. The molecule has 7 heteroatoms. The molecule has 0 aliphatic carbocycles. The van der Waals surface area contributed by atoms with Crippen LogP contribution in [0.4, 0.5) is 5.82 Å². The zero-order chi connectivity index (χ0) is 17.1. The highest BCUT2D eigenvalue weighted by Gasteiger charge is 2.23. The Morgan fingerprint density at radius 2 is 2.00 bits per heavy atom. The molecule has 1 aliphatic heterocycles. The predicted octanol–water partition coefficient (Wildman–Crippen LogP) is 1.39. The fraction of sp³-hybridized carbons (Fsp3) is 0.471. The van der Waals surface area contributed by atoms with Gasteiger partial charge in [0.1, 0.15) is 12.1 Å². The number of likely N-dealkylation sites (N-methyl/N-ethyl adjacent to an activating group) is 1. The van der Waals surface area contributed by atoms with E-state index in [2.05, 4.69) is 24.8 Å². The Bertz CT molecular complexity index is 709. The molecule has 3 rings (SSSR count). The van der Waals surface area contributed by atoms with Crippen LogP contribution in [0.2, 0.25) is 0 Å². The highest BCUT2D eigenvalue weighted by molar-refractivity contribution is 5.51. The molecule has 24 heavy (non-hydrogen) atoms. The van der Waals surface area contributed by atoms with Crippen LogP contribution in [0.5, 0.6) is 11.6 Å². The van der Waals surface area contributed by atoms with Crippen molar-refractivity contribution in [2.24, 2.45) is 0 Å². The number of aromatic nitrogens is 3. The summed E-state index contributed by atoms with van der Waals surface area (Å²) in [6, 6.07) is 3.70. The molecular formula is C17H23N5O2. The molecule has 1 fully saturated rings. The lowest BCUT2D eigenvalue weighted by Crippen LogP contribution is -2.34. The molecule has 0 saturated carbocycles. The molecule has 0 aromatic carbocycles. The van der Waals surface area contributed by atoms with E-state index in [0.29, 0.717) is 24.7 Å². The first kappa shape index (κ1) is 16.6. The van der Waals surface area contributed by atoms with Gasteiger partial charge in [-0.3, -0.25) is 4.98 Å². The van der Waals surface area contributed by atoms with Gasteiger partial charge in [0.25, 0.3) is 0 Å². The van der Waals surface area contributed by atoms with Crippen LogP contribution in [0.25, 0.3) is 0 Å². The van der Waals surface area contributed by atoms with E-state index in [1.54, 1.807) is 6.20 Å². The van der Waals surface area contributed by atoms with Gasteiger partial charge in [0.2, 0.25) is 5.88 Å². The number of β-amino-alcohol motifs (C(OH)–C–C–N with tert-alkyl or cyclic N) is 1. The lowest BCUT2D eigenvalue weighted by atomic mass is 10.2. The van der Waals surface area contributed by atoms with Gasteiger partial charge in [-0.2, -0.15) is 0 Å². The smallest absolute Gasteiger partial charge is 0.227 e. The summed E-state index contributed by atoms with van der Waals surface area (Å²) in [6.45, 7) is 6.73. The van der Waals surface area contributed by atoms with Gasteiger partial charge in [-0.1, -0.05) is 0 Å². The number of ether oxygens (including phenoxy) is 1. The molecule has 0 spiro atoms. The number of nitrogens with zero attached hydrogens (tertiary/aromatic N) is 5. The summed E-state index contributed by atoms with van der Waals surface area (Å²) in [6.07, 6.45) is 2.83. The van der Waals surface area contributed by atoms with E-state index < -0.39 is 6.10 Å². The van der Waals surface area contributed by atoms with Crippen molar-refractivity contribution in [3.05, 3.63) is 35.9 Å². The summed E-state index contributed by atoms with van der Waals surface area (Å²) >= 11 is 0. The first-order valence-corrected chi connectivity index (χ1v) is 8.07. The summed E-state index contributed by atoms with van der Waals surface area (Å²) in [5.74, 6) is 2.00. The third-order valence-electron chi connectivity index (χ3n) is 4.18. The molecule has 128 valence electrons. The molecule has 3 heterocycles. The topological polar surface area (TPSA) is 74.6 Å². The molecule has 7 nitrogen and oxygen atoms in total. The minimum absolute atomic E-state index is 0.406. The normalized spacial score (nSPS) is 19.2. The van der Waals surface area contributed by atoms with Crippen LogP contribution in [-0.4, -0.2) is 64.3 Å². The number of anilines is 1. The maximum atomic E-state index is 10.2. The fourth-order valence-corrected chi connectivity index (χ4v) is 2.87. The molecule has 1 unspecified atom stereocenters. The molecule has 0 radical (unpaired) electrons. The van der Waals surface area contributed by atoms with E-state index in [1.165, 1.54) is 6.33 Å². The van der Waals surface area contributed by atoms with Crippen LogP contribution >= 0.6 is 0 Å². The third kappa shape index (κ3) is 3.63. The summed E-state index contributed by atoms with van der Waals surface area (Å²) in [5, 5.41) is 10.2. The summed E-state index contributed by atoms with van der Waals surface area (Å²) < 4.78 is 5.94. The monoisotopic (exact) mass is 329 g/mol. The maximum Gasteiger partial charge on any atom is 0.227 e. The Morgan fingerprint density at radius 1 is 1.17 bits per heavy atom. The van der Waals surface area contributed by atoms with Crippen LogP contribution in [0, 0.1) is 13.8 Å². The third-order valence-corrected chi connectivity index (χ3v) is 4.18. The molecule has 1 aliphatic rings. The zero-order valence-corrected chi connectivity index (χ0v) is 14.3. The highest BCUT2D eigenvalue weighted by Crippen LogP contribution is 2.29. The van der Waals surface area contributed by atoms with Crippen molar-refractivity contribution in [3.8, 4) is 11.6 Å². The molecular weight excluding hydrogens is 306 g/mol. The lowest BCUT2D eigenvalue weighted by Gasteiger charge is -2.24. The quantitative estimate of drug-likeness (QED) is 0.912. The van der Waals surface area contributed by atoms with Crippen molar-refractivity contribution >= 4 is 5.82 Å². The summed E-state index contributed by atoms with van der Waals surface area (Å²) in [5.41, 5.74) is 1.67. The minimum atomic E-state index is -0.406. The standard InChI is InChI=1S/C17H23N5O2/c1-12-16(22-8-7-21(3)9-14(23)10-22)19-11-20-17(12)24-15-5-4-6-18-13(15)2/h4-6,11,14,23H,7-10H2,1-3H3. The number of rotatable bonds is 3. The second-order valence-electron chi connectivity index (χ2n) is 6.18. The number of aliphatic hydroxyl groups is 1.